The van der Waals surface area contributed by atoms with E-state index in [-0.39, 0.29) is 5.92 Å². The van der Waals surface area contributed by atoms with Gasteiger partial charge in [0.2, 0.25) is 10.0 Å². The minimum Gasteiger partial charge on any atom is -0.268 e. The van der Waals surface area contributed by atoms with Crippen LogP contribution >= 0.6 is 0 Å². The number of nitrogens with one attached hydrogen (secondary N) is 1. The number of hydrogen-bond acceptors (Lipinski definition) is 5. The molecular formula is C20H18N4O2S. The van der Waals surface area contributed by atoms with Gasteiger partial charge >= 0.3 is 0 Å². The van der Waals surface area contributed by atoms with Crippen LogP contribution in [0.15, 0.2) is 67.0 Å². The van der Waals surface area contributed by atoms with Crippen molar-refractivity contribution in [3.63, 3.8) is 0 Å². The molecule has 136 valence electrons. The van der Waals surface area contributed by atoms with Crippen molar-refractivity contribution in [3.8, 4) is 6.07 Å². The standard InChI is InChI=1S/C20H18N4O2S/c1-27(25,26)24-20-6-2-5-18(23-20)12-19(17-4-3-11-22-14-17)16-9-7-15(13-21)8-10-16/h2-11,14,19H,12H2,1H3,(H,23,24). The number of benzene rings is 1. The van der Waals surface area contributed by atoms with E-state index < -0.39 is 10.0 Å². The Morgan fingerprint density at radius 3 is 2.48 bits per heavy atom. The van der Waals surface area contributed by atoms with Crippen molar-refractivity contribution in [2.75, 3.05) is 11.0 Å². The van der Waals surface area contributed by atoms with Crippen LogP contribution in [0.3, 0.4) is 0 Å². The molecule has 7 heteroatoms. The third kappa shape index (κ3) is 5.12. The van der Waals surface area contributed by atoms with Crippen LogP contribution in [0, 0.1) is 11.3 Å². The second kappa shape index (κ2) is 7.98. The smallest absolute Gasteiger partial charge is 0.230 e. The Morgan fingerprint density at radius 2 is 1.85 bits per heavy atom. The fraction of sp³-hybridized carbons (Fsp3) is 0.150. The van der Waals surface area contributed by atoms with Gasteiger partial charge in [0, 0.05) is 30.4 Å². The first-order valence-corrected chi connectivity index (χ1v) is 10.2. The maximum absolute atomic E-state index is 11.5. The van der Waals surface area contributed by atoms with E-state index in [0.717, 1.165) is 23.1 Å². The number of pyridine rings is 2. The molecule has 0 spiro atoms. The SMILES string of the molecule is CS(=O)(=O)Nc1cccc(CC(c2ccc(C#N)cc2)c2cccnc2)n1. The second-order valence-electron chi connectivity index (χ2n) is 6.17. The highest BCUT2D eigenvalue weighted by Gasteiger charge is 2.17. The summed E-state index contributed by atoms with van der Waals surface area (Å²) in [4.78, 5) is 8.63. The van der Waals surface area contributed by atoms with Crippen molar-refractivity contribution < 1.29 is 8.42 Å². The van der Waals surface area contributed by atoms with Crippen LogP contribution in [0.25, 0.3) is 0 Å². The Morgan fingerprint density at radius 1 is 1.07 bits per heavy atom. The third-order valence-corrected chi connectivity index (χ3v) is 4.62. The maximum atomic E-state index is 11.5. The van der Waals surface area contributed by atoms with Crippen molar-refractivity contribution in [1.82, 2.24) is 9.97 Å². The molecule has 1 aromatic carbocycles. The Bertz CT molecular complexity index is 1060. The van der Waals surface area contributed by atoms with E-state index in [1.807, 2.05) is 36.5 Å². The molecule has 2 aromatic heterocycles. The van der Waals surface area contributed by atoms with Crippen LogP contribution < -0.4 is 4.72 Å². The number of aromatic nitrogens is 2. The van der Waals surface area contributed by atoms with Gasteiger partial charge in [-0.25, -0.2) is 13.4 Å². The van der Waals surface area contributed by atoms with Gasteiger partial charge < -0.3 is 0 Å². The number of rotatable bonds is 6. The minimum absolute atomic E-state index is 0.0209. The van der Waals surface area contributed by atoms with Crippen molar-refractivity contribution in [3.05, 3.63) is 89.4 Å². The molecular weight excluding hydrogens is 360 g/mol. The van der Waals surface area contributed by atoms with Crippen molar-refractivity contribution in [1.29, 1.82) is 5.26 Å². The summed E-state index contributed by atoms with van der Waals surface area (Å²) in [6, 6.07) is 18.7. The number of hydrogen-bond donors (Lipinski definition) is 1. The molecule has 0 saturated heterocycles. The summed E-state index contributed by atoms with van der Waals surface area (Å²) < 4.78 is 25.3. The lowest BCUT2D eigenvalue weighted by molar-refractivity contribution is 0.606. The summed E-state index contributed by atoms with van der Waals surface area (Å²) >= 11 is 0. The number of nitriles is 1. The van der Waals surface area contributed by atoms with Gasteiger partial charge in [-0.05, 0) is 41.5 Å². The zero-order chi connectivity index (χ0) is 19.3. The molecule has 0 bridgehead atoms. The molecule has 2 heterocycles. The van der Waals surface area contributed by atoms with Crippen LogP contribution in [0.4, 0.5) is 5.82 Å². The highest BCUT2D eigenvalue weighted by atomic mass is 32.2. The normalized spacial score (nSPS) is 12.1. The van der Waals surface area contributed by atoms with E-state index in [4.69, 9.17) is 5.26 Å². The molecule has 0 fully saturated rings. The van der Waals surface area contributed by atoms with Crippen LogP contribution in [0.1, 0.15) is 28.3 Å². The van der Waals surface area contributed by atoms with Crippen LogP contribution in [0.2, 0.25) is 0 Å². The Balaban J connectivity index is 1.95. The molecule has 0 saturated carbocycles. The van der Waals surface area contributed by atoms with Crippen LogP contribution in [0.5, 0.6) is 0 Å². The van der Waals surface area contributed by atoms with Gasteiger partial charge in [0.15, 0.2) is 0 Å². The Kier molecular flexibility index (Phi) is 5.48. The third-order valence-electron chi connectivity index (χ3n) is 4.04. The zero-order valence-corrected chi connectivity index (χ0v) is 15.5. The van der Waals surface area contributed by atoms with E-state index in [9.17, 15) is 8.42 Å². The number of sulfonamides is 1. The molecule has 3 rings (SSSR count). The highest BCUT2D eigenvalue weighted by molar-refractivity contribution is 7.92. The van der Waals surface area contributed by atoms with E-state index in [2.05, 4.69) is 20.8 Å². The van der Waals surface area contributed by atoms with Gasteiger partial charge in [0.1, 0.15) is 5.82 Å². The molecule has 1 atom stereocenters. The molecule has 0 aliphatic carbocycles. The first-order chi connectivity index (χ1) is 12.9. The molecule has 6 nitrogen and oxygen atoms in total. The summed E-state index contributed by atoms with van der Waals surface area (Å²) in [6.45, 7) is 0. The van der Waals surface area contributed by atoms with Gasteiger partial charge in [-0.3, -0.25) is 9.71 Å². The van der Waals surface area contributed by atoms with Gasteiger partial charge in [-0.2, -0.15) is 5.26 Å². The zero-order valence-electron chi connectivity index (χ0n) is 14.7. The largest absolute Gasteiger partial charge is 0.268 e. The molecule has 0 aliphatic rings. The van der Waals surface area contributed by atoms with Gasteiger partial charge in [0.05, 0.1) is 17.9 Å². The topological polar surface area (TPSA) is 95.7 Å². The molecule has 0 aliphatic heterocycles. The van der Waals surface area contributed by atoms with Crippen LogP contribution in [-0.4, -0.2) is 24.6 Å². The lowest BCUT2D eigenvalue weighted by atomic mass is 9.88. The summed E-state index contributed by atoms with van der Waals surface area (Å²) in [7, 11) is -3.39. The molecule has 1 unspecified atom stereocenters. The first-order valence-electron chi connectivity index (χ1n) is 8.28. The quantitative estimate of drug-likeness (QED) is 0.711. The highest BCUT2D eigenvalue weighted by Crippen LogP contribution is 2.28. The Labute approximate surface area is 158 Å². The molecule has 0 radical (unpaired) electrons. The second-order valence-corrected chi connectivity index (χ2v) is 7.91. The van der Waals surface area contributed by atoms with Crippen molar-refractivity contribution in [2.45, 2.75) is 12.3 Å². The lowest BCUT2D eigenvalue weighted by Gasteiger charge is -2.18. The van der Waals surface area contributed by atoms with E-state index in [1.165, 1.54) is 0 Å². The molecule has 0 amide bonds. The fourth-order valence-electron chi connectivity index (χ4n) is 2.85. The van der Waals surface area contributed by atoms with Gasteiger partial charge in [-0.15, -0.1) is 0 Å². The monoisotopic (exact) mass is 378 g/mol. The predicted octanol–water partition coefficient (Wildman–Crippen LogP) is 3.09. The fourth-order valence-corrected chi connectivity index (χ4v) is 3.34. The minimum atomic E-state index is -3.39. The average Bonchev–Trinajstić information content (AvgIpc) is 2.66. The summed E-state index contributed by atoms with van der Waals surface area (Å²) in [5.74, 6) is 0.271. The summed E-state index contributed by atoms with van der Waals surface area (Å²) in [5, 5.41) is 9.02. The molecule has 1 N–H and O–H groups in total. The summed E-state index contributed by atoms with van der Waals surface area (Å²) in [5.41, 5.74) is 3.40. The lowest BCUT2D eigenvalue weighted by Crippen LogP contribution is -2.12. The first kappa shape index (κ1) is 18.5. The van der Waals surface area contributed by atoms with Crippen molar-refractivity contribution >= 4 is 15.8 Å². The number of anilines is 1. The number of nitrogens with zero attached hydrogens (tertiary/aromatic N) is 3. The van der Waals surface area contributed by atoms with Gasteiger partial charge in [-0.1, -0.05) is 24.3 Å². The van der Waals surface area contributed by atoms with E-state index in [0.29, 0.717) is 17.8 Å². The summed E-state index contributed by atoms with van der Waals surface area (Å²) in [6.07, 6.45) is 5.18. The van der Waals surface area contributed by atoms with E-state index >= 15 is 0 Å². The van der Waals surface area contributed by atoms with Crippen LogP contribution in [-0.2, 0) is 16.4 Å². The Hall–Kier alpha value is -3.24. The van der Waals surface area contributed by atoms with E-state index in [1.54, 1.807) is 30.5 Å². The molecule has 3 aromatic rings. The van der Waals surface area contributed by atoms with Crippen molar-refractivity contribution in [2.24, 2.45) is 0 Å². The predicted molar refractivity (Wildman–Crippen MR) is 104 cm³/mol. The molecule has 27 heavy (non-hydrogen) atoms. The van der Waals surface area contributed by atoms with Gasteiger partial charge in [0.25, 0.3) is 0 Å². The average molecular weight is 378 g/mol. The maximum Gasteiger partial charge on any atom is 0.230 e.